The summed E-state index contributed by atoms with van der Waals surface area (Å²) in [5.74, 6) is 1.02. The first-order chi connectivity index (χ1) is 9.20. The van der Waals surface area contributed by atoms with Gasteiger partial charge in [0.2, 0.25) is 0 Å². The fraction of sp³-hybridized carbons (Fsp3) is 0.625. The second-order valence-corrected chi connectivity index (χ2v) is 5.48. The fourth-order valence-corrected chi connectivity index (χ4v) is 2.48. The van der Waals surface area contributed by atoms with Crippen molar-refractivity contribution in [1.82, 2.24) is 0 Å². The van der Waals surface area contributed by atoms with E-state index in [1.807, 2.05) is 0 Å². The molecule has 0 spiro atoms. The molecular weight excluding hydrogens is 236 g/mol. The van der Waals surface area contributed by atoms with Crippen LogP contribution in [-0.4, -0.2) is 25.7 Å². The molecule has 106 valence electrons. The molecule has 0 atom stereocenters. The summed E-state index contributed by atoms with van der Waals surface area (Å²) >= 11 is 0. The first-order valence-electron chi connectivity index (χ1n) is 7.44. The number of anilines is 1. The fourth-order valence-electron chi connectivity index (χ4n) is 2.48. The maximum atomic E-state index is 5.95. The summed E-state index contributed by atoms with van der Waals surface area (Å²) in [6, 6.07) is 6.90. The van der Waals surface area contributed by atoms with Gasteiger partial charge >= 0.3 is 0 Å². The average Bonchev–Trinajstić information content (AvgIpc) is 2.42. The van der Waals surface area contributed by atoms with Crippen LogP contribution in [-0.2, 0) is 0 Å². The van der Waals surface area contributed by atoms with Gasteiger partial charge in [-0.2, -0.15) is 0 Å². The molecule has 0 aromatic heterocycles. The second-order valence-electron chi connectivity index (χ2n) is 5.48. The Balaban J connectivity index is 1.98. The lowest BCUT2D eigenvalue weighted by molar-refractivity contribution is 0.307. The summed E-state index contributed by atoms with van der Waals surface area (Å²) in [7, 11) is 0. The number of rotatable bonds is 5. The van der Waals surface area contributed by atoms with Gasteiger partial charge in [0.15, 0.2) is 0 Å². The molecule has 19 heavy (non-hydrogen) atoms. The van der Waals surface area contributed by atoms with Gasteiger partial charge < -0.3 is 15.4 Å². The van der Waals surface area contributed by atoms with Crippen LogP contribution in [0.3, 0.4) is 0 Å². The summed E-state index contributed by atoms with van der Waals surface area (Å²) in [6.45, 7) is 7.25. The summed E-state index contributed by atoms with van der Waals surface area (Å²) in [5, 5.41) is 0. The molecule has 0 amide bonds. The molecule has 1 aliphatic heterocycles. The van der Waals surface area contributed by atoms with Crippen LogP contribution in [0.2, 0.25) is 0 Å². The highest BCUT2D eigenvalue weighted by molar-refractivity contribution is 5.53. The van der Waals surface area contributed by atoms with Crippen LogP contribution in [0.25, 0.3) is 0 Å². The van der Waals surface area contributed by atoms with Crippen molar-refractivity contribution in [2.24, 2.45) is 5.73 Å². The smallest absolute Gasteiger partial charge is 0.122 e. The zero-order valence-corrected chi connectivity index (χ0v) is 12.2. The van der Waals surface area contributed by atoms with E-state index in [0.29, 0.717) is 6.04 Å². The standard InChI is InChI=1S/C16H26N2O/c1-3-4-11-19-16-6-5-15(12-13(16)2)18-9-7-14(17)8-10-18/h5-6,12,14H,3-4,7-11,17H2,1-2H3. The third kappa shape index (κ3) is 3.87. The number of aryl methyl sites for hydroxylation is 1. The van der Waals surface area contributed by atoms with Crippen LogP contribution in [0, 0.1) is 6.92 Å². The number of benzene rings is 1. The molecule has 0 unspecified atom stereocenters. The average molecular weight is 262 g/mol. The molecule has 1 aromatic carbocycles. The molecule has 0 aliphatic carbocycles. The normalized spacial score (nSPS) is 16.7. The Kier molecular flexibility index (Phi) is 5.08. The Bertz CT molecular complexity index is 398. The van der Waals surface area contributed by atoms with E-state index in [9.17, 15) is 0 Å². The molecule has 0 bridgehead atoms. The second kappa shape index (κ2) is 6.80. The molecule has 3 heteroatoms. The van der Waals surface area contributed by atoms with Crippen molar-refractivity contribution in [3.8, 4) is 5.75 Å². The molecular formula is C16H26N2O. The molecule has 1 aromatic rings. The van der Waals surface area contributed by atoms with Gasteiger partial charge in [0.1, 0.15) is 5.75 Å². The van der Waals surface area contributed by atoms with Gasteiger partial charge in [-0.1, -0.05) is 13.3 Å². The van der Waals surface area contributed by atoms with Crippen molar-refractivity contribution in [2.75, 3.05) is 24.6 Å². The van der Waals surface area contributed by atoms with E-state index in [1.165, 1.54) is 17.7 Å². The zero-order chi connectivity index (χ0) is 13.7. The van der Waals surface area contributed by atoms with Crippen molar-refractivity contribution in [2.45, 2.75) is 45.6 Å². The van der Waals surface area contributed by atoms with Crippen LogP contribution < -0.4 is 15.4 Å². The Morgan fingerprint density at radius 3 is 2.68 bits per heavy atom. The highest BCUT2D eigenvalue weighted by Crippen LogP contribution is 2.26. The first kappa shape index (κ1) is 14.2. The molecule has 1 saturated heterocycles. The number of nitrogens with two attached hydrogens (primary N) is 1. The molecule has 2 N–H and O–H groups in total. The molecule has 0 radical (unpaired) electrons. The van der Waals surface area contributed by atoms with Crippen LogP contribution in [0.15, 0.2) is 18.2 Å². The SMILES string of the molecule is CCCCOc1ccc(N2CCC(N)CC2)cc1C. The molecule has 0 saturated carbocycles. The van der Waals surface area contributed by atoms with Crippen LogP contribution in [0.4, 0.5) is 5.69 Å². The number of hydrogen-bond acceptors (Lipinski definition) is 3. The Labute approximate surface area is 116 Å². The lowest BCUT2D eigenvalue weighted by Crippen LogP contribution is -2.39. The topological polar surface area (TPSA) is 38.5 Å². The van der Waals surface area contributed by atoms with E-state index in [-0.39, 0.29) is 0 Å². The number of piperidine rings is 1. The predicted molar refractivity (Wildman–Crippen MR) is 81.0 cm³/mol. The van der Waals surface area contributed by atoms with Crippen molar-refractivity contribution >= 4 is 5.69 Å². The van der Waals surface area contributed by atoms with Crippen LogP contribution in [0.1, 0.15) is 38.2 Å². The van der Waals surface area contributed by atoms with Gasteiger partial charge in [-0.15, -0.1) is 0 Å². The summed E-state index contributed by atoms with van der Waals surface area (Å²) in [4.78, 5) is 2.42. The highest BCUT2D eigenvalue weighted by atomic mass is 16.5. The summed E-state index contributed by atoms with van der Waals surface area (Å²) in [6.07, 6.45) is 4.47. The minimum absolute atomic E-state index is 0.383. The minimum atomic E-state index is 0.383. The van der Waals surface area contributed by atoms with E-state index in [1.54, 1.807) is 0 Å². The Hall–Kier alpha value is -1.22. The van der Waals surface area contributed by atoms with Gasteiger partial charge in [0.05, 0.1) is 6.61 Å². The monoisotopic (exact) mass is 262 g/mol. The van der Waals surface area contributed by atoms with E-state index in [0.717, 1.165) is 44.7 Å². The molecule has 1 fully saturated rings. The number of hydrogen-bond donors (Lipinski definition) is 1. The van der Waals surface area contributed by atoms with Crippen molar-refractivity contribution in [3.63, 3.8) is 0 Å². The van der Waals surface area contributed by atoms with Crippen LogP contribution in [0.5, 0.6) is 5.75 Å². The molecule has 1 heterocycles. The summed E-state index contributed by atoms with van der Waals surface area (Å²) < 4.78 is 5.80. The van der Waals surface area contributed by atoms with Crippen molar-refractivity contribution < 1.29 is 4.74 Å². The predicted octanol–water partition coefficient (Wildman–Crippen LogP) is 3.10. The highest BCUT2D eigenvalue weighted by Gasteiger charge is 2.16. The van der Waals surface area contributed by atoms with E-state index in [2.05, 4.69) is 36.9 Å². The number of nitrogens with zero attached hydrogens (tertiary/aromatic N) is 1. The van der Waals surface area contributed by atoms with Crippen molar-refractivity contribution in [1.29, 1.82) is 0 Å². The van der Waals surface area contributed by atoms with E-state index < -0.39 is 0 Å². The molecule has 1 aliphatic rings. The Morgan fingerprint density at radius 1 is 1.32 bits per heavy atom. The van der Waals surface area contributed by atoms with Gasteiger partial charge in [0, 0.05) is 24.8 Å². The molecule has 3 nitrogen and oxygen atoms in total. The Morgan fingerprint density at radius 2 is 2.05 bits per heavy atom. The van der Waals surface area contributed by atoms with Gasteiger partial charge in [-0.3, -0.25) is 0 Å². The lowest BCUT2D eigenvalue weighted by atomic mass is 10.0. The van der Waals surface area contributed by atoms with Crippen LogP contribution >= 0.6 is 0 Å². The van der Waals surface area contributed by atoms with E-state index >= 15 is 0 Å². The molecule has 2 rings (SSSR count). The quantitative estimate of drug-likeness (QED) is 0.829. The van der Waals surface area contributed by atoms with Crippen molar-refractivity contribution in [3.05, 3.63) is 23.8 Å². The largest absolute Gasteiger partial charge is 0.493 e. The summed E-state index contributed by atoms with van der Waals surface area (Å²) in [5.41, 5.74) is 8.47. The third-order valence-corrected chi connectivity index (χ3v) is 3.82. The third-order valence-electron chi connectivity index (χ3n) is 3.82. The zero-order valence-electron chi connectivity index (χ0n) is 12.2. The minimum Gasteiger partial charge on any atom is -0.493 e. The first-order valence-corrected chi connectivity index (χ1v) is 7.44. The maximum Gasteiger partial charge on any atom is 0.122 e. The van der Waals surface area contributed by atoms with Gasteiger partial charge in [-0.05, 0) is 49.9 Å². The van der Waals surface area contributed by atoms with Gasteiger partial charge in [-0.25, -0.2) is 0 Å². The van der Waals surface area contributed by atoms with Gasteiger partial charge in [0.25, 0.3) is 0 Å². The number of unbranched alkanes of at least 4 members (excludes halogenated alkanes) is 1. The maximum absolute atomic E-state index is 5.95. The van der Waals surface area contributed by atoms with E-state index in [4.69, 9.17) is 10.5 Å². The number of ether oxygens (including phenoxy) is 1. The lowest BCUT2D eigenvalue weighted by Gasteiger charge is -2.32.